The summed E-state index contributed by atoms with van der Waals surface area (Å²) in [6.07, 6.45) is 0. The SMILES string of the molecule is Cc1ccc(C)c(S(=O)(=O)Nc2c(C)nc(N3CCOCC3)nc2C)c1. The molecular formula is C18H24N4O3S. The van der Waals surface area contributed by atoms with Crippen molar-refractivity contribution in [1.82, 2.24) is 9.97 Å². The van der Waals surface area contributed by atoms with E-state index in [1.807, 2.05) is 24.0 Å². The Morgan fingerprint density at radius 1 is 1.04 bits per heavy atom. The molecule has 1 aromatic heterocycles. The normalized spacial score (nSPS) is 15.2. The fourth-order valence-electron chi connectivity index (χ4n) is 2.94. The van der Waals surface area contributed by atoms with E-state index in [9.17, 15) is 8.42 Å². The molecule has 1 aliphatic heterocycles. The van der Waals surface area contributed by atoms with E-state index in [0.717, 1.165) is 18.7 Å². The first-order valence-corrected chi connectivity index (χ1v) is 10.0. The Kier molecular flexibility index (Phi) is 5.15. The summed E-state index contributed by atoms with van der Waals surface area (Å²) in [5, 5.41) is 0. The third-order valence-electron chi connectivity index (χ3n) is 4.42. The van der Waals surface area contributed by atoms with Gasteiger partial charge in [-0.15, -0.1) is 0 Å². The smallest absolute Gasteiger partial charge is 0.262 e. The minimum absolute atomic E-state index is 0.272. The van der Waals surface area contributed by atoms with Gasteiger partial charge in [-0.25, -0.2) is 18.4 Å². The van der Waals surface area contributed by atoms with Crippen LogP contribution >= 0.6 is 0 Å². The number of hydrogen-bond acceptors (Lipinski definition) is 6. The highest BCUT2D eigenvalue weighted by atomic mass is 32.2. The van der Waals surface area contributed by atoms with Gasteiger partial charge in [-0.3, -0.25) is 4.72 Å². The summed E-state index contributed by atoms with van der Waals surface area (Å²) in [5.74, 6) is 0.609. The van der Waals surface area contributed by atoms with E-state index in [1.54, 1.807) is 26.8 Å². The molecule has 26 heavy (non-hydrogen) atoms. The molecule has 0 amide bonds. The molecule has 1 aromatic carbocycles. The number of ether oxygens (including phenoxy) is 1. The van der Waals surface area contributed by atoms with Crippen molar-refractivity contribution in [3.8, 4) is 0 Å². The molecule has 2 heterocycles. The highest BCUT2D eigenvalue weighted by Crippen LogP contribution is 2.25. The van der Waals surface area contributed by atoms with Crippen LogP contribution in [0.3, 0.4) is 0 Å². The molecule has 1 N–H and O–H groups in total. The van der Waals surface area contributed by atoms with Gasteiger partial charge in [0.2, 0.25) is 5.95 Å². The lowest BCUT2D eigenvalue weighted by Crippen LogP contribution is -2.37. The summed E-state index contributed by atoms with van der Waals surface area (Å²) < 4.78 is 33.8. The molecule has 8 heteroatoms. The lowest BCUT2D eigenvalue weighted by molar-refractivity contribution is 0.122. The lowest BCUT2D eigenvalue weighted by atomic mass is 10.2. The van der Waals surface area contributed by atoms with Crippen LogP contribution in [-0.4, -0.2) is 44.7 Å². The summed E-state index contributed by atoms with van der Waals surface area (Å²) in [6, 6.07) is 5.37. The number of sulfonamides is 1. The number of hydrogen-bond donors (Lipinski definition) is 1. The minimum Gasteiger partial charge on any atom is -0.378 e. The predicted molar refractivity (Wildman–Crippen MR) is 101 cm³/mol. The molecule has 0 spiro atoms. The summed E-state index contributed by atoms with van der Waals surface area (Å²) in [7, 11) is -3.71. The summed E-state index contributed by atoms with van der Waals surface area (Å²) in [5.41, 5.74) is 3.23. The number of morpholine rings is 1. The molecule has 0 bridgehead atoms. The molecule has 0 atom stereocenters. The van der Waals surface area contributed by atoms with Crippen LogP contribution in [0.1, 0.15) is 22.5 Å². The van der Waals surface area contributed by atoms with Crippen LogP contribution in [0.4, 0.5) is 11.6 Å². The molecule has 140 valence electrons. The number of rotatable bonds is 4. The summed E-state index contributed by atoms with van der Waals surface area (Å²) >= 11 is 0. The average molecular weight is 376 g/mol. The summed E-state index contributed by atoms with van der Waals surface area (Å²) in [6.45, 7) is 9.98. The van der Waals surface area contributed by atoms with E-state index < -0.39 is 10.0 Å². The maximum absolute atomic E-state index is 12.9. The van der Waals surface area contributed by atoms with Crippen molar-refractivity contribution >= 4 is 21.7 Å². The first kappa shape index (κ1) is 18.6. The average Bonchev–Trinajstić information content (AvgIpc) is 2.60. The molecule has 1 aliphatic rings. The van der Waals surface area contributed by atoms with E-state index in [-0.39, 0.29) is 4.90 Å². The molecule has 1 saturated heterocycles. The van der Waals surface area contributed by atoms with Gasteiger partial charge in [0.1, 0.15) is 0 Å². The van der Waals surface area contributed by atoms with Crippen LogP contribution in [0, 0.1) is 27.7 Å². The van der Waals surface area contributed by atoms with E-state index in [0.29, 0.717) is 41.8 Å². The summed E-state index contributed by atoms with van der Waals surface area (Å²) in [4.78, 5) is 11.3. The van der Waals surface area contributed by atoms with Crippen LogP contribution in [-0.2, 0) is 14.8 Å². The van der Waals surface area contributed by atoms with Crippen LogP contribution in [0.25, 0.3) is 0 Å². The molecule has 7 nitrogen and oxygen atoms in total. The Labute approximate surface area is 154 Å². The topological polar surface area (TPSA) is 84.4 Å². The first-order valence-electron chi connectivity index (χ1n) is 8.56. The van der Waals surface area contributed by atoms with Gasteiger partial charge < -0.3 is 9.64 Å². The van der Waals surface area contributed by atoms with Crippen molar-refractivity contribution in [3.63, 3.8) is 0 Å². The Morgan fingerprint density at radius 3 is 2.27 bits per heavy atom. The van der Waals surface area contributed by atoms with Gasteiger partial charge in [0, 0.05) is 13.1 Å². The van der Waals surface area contributed by atoms with Gasteiger partial charge in [0.05, 0.1) is 35.2 Å². The van der Waals surface area contributed by atoms with Crippen molar-refractivity contribution < 1.29 is 13.2 Å². The zero-order chi connectivity index (χ0) is 18.9. The maximum Gasteiger partial charge on any atom is 0.262 e. The van der Waals surface area contributed by atoms with Crippen LogP contribution in [0.15, 0.2) is 23.1 Å². The van der Waals surface area contributed by atoms with Crippen molar-refractivity contribution in [2.24, 2.45) is 0 Å². The molecule has 0 aliphatic carbocycles. The van der Waals surface area contributed by atoms with E-state index in [2.05, 4.69) is 14.7 Å². The highest BCUT2D eigenvalue weighted by Gasteiger charge is 2.22. The van der Waals surface area contributed by atoms with E-state index >= 15 is 0 Å². The van der Waals surface area contributed by atoms with E-state index in [4.69, 9.17) is 4.74 Å². The zero-order valence-electron chi connectivity index (χ0n) is 15.5. The highest BCUT2D eigenvalue weighted by molar-refractivity contribution is 7.92. The lowest BCUT2D eigenvalue weighted by Gasteiger charge is -2.27. The van der Waals surface area contributed by atoms with Crippen molar-refractivity contribution in [1.29, 1.82) is 0 Å². The Hall–Kier alpha value is -2.19. The van der Waals surface area contributed by atoms with Gasteiger partial charge in [0.25, 0.3) is 10.0 Å². The first-order chi connectivity index (χ1) is 12.3. The number of aromatic nitrogens is 2. The number of nitrogens with one attached hydrogen (secondary N) is 1. The van der Waals surface area contributed by atoms with Crippen molar-refractivity contribution in [2.75, 3.05) is 35.9 Å². The molecule has 0 unspecified atom stereocenters. The molecule has 0 radical (unpaired) electrons. The van der Waals surface area contributed by atoms with Crippen LogP contribution in [0.5, 0.6) is 0 Å². The van der Waals surface area contributed by atoms with Gasteiger partial charge in [-0.05, 0) is 44.9 Å². The Balaban J connectivity index is 1.93. The quantitative estimate of drug-likeness (QED) is 0.882. The molecule has 3 rings (SSSR count). The number of aryl methyl sites for hydroxylation is 4. The Morgan fingerprint density at radius 2 is 1.65 bits per heavy atom. The van der Waals surface area contributed by atoms with Gasteiger partial charge in [-0.2, -0.15) is 0 Å². The third-order valence-corrected chi connectivity index (χ3v) is 5.91. The largest absolute Gasteiger partial charge is 0.378 e. The monoisotopic (exact) mass is 376 g/mol. The Bertz CT molecular complexity index is 899. The molecule has 2 aromatic rings. The van der Waals surface area contributed by atoms with Gasteiger partial charge in [0.15, 0.2) is 0 Å². The second-order valence-electron chi connectivity index (χ2n) is 6.54. The number of anilines is 2. The fraction of sp³-hybridized carbons (Fsp3) is 0.444. The minimum atomic E-state index is -3.71. The van der Waals surface area contributed by atoms with Crippen LogP contribution in [0.2, 0.25) is 0 Å². The van der Waals surface area contributed by atoms with E-state index in [1.165, 1.54) is 0 Å². The third kappa shape index (κ3) is 3.81. The second-order valence-corrected chi connectivity index (χ2v) is 8.19. The standard InChI is InChI=1S/C18H24N4O3S/c1-12-5-6-13(2)16(11-12)26(23,24)21-17-14(3)19-18(20-15(17)4)22-7-9-25-10-8-22/h5-6,11,21H,7-10H2,1-4H3. The van der Waals surface area contributed by atoms with Crippen LogP contribution < -0.4 is 9.62 Å². The molecular weight excluding hydrogens is 352 g/mol. The maximum atomic E-state index is 12.9. The zero-order valence-corrected chi connectivity index (χ0v) is 16.4. The molecule has 1 fully saturated rings. The fourth-order valence-corrected chi connectivity index (χ4v) is 4.44. The number of nitrogens with zero attached hydrogens (tertiary/aromatic N) is 3. The molecule has 0 saturated carbocycles. The van der Waals surface area contributed by atoms with Gasteiger partial charge >= 0.3 is 0 Å². The second kappa shape index (κ2) is 7.20. The van der Waals surface area contributed by atoms with Gasteiger partial charge in [-0.1, -0.05) is 12.1 Å². The van der Waals surface area contributed by atoms with Crippen molar-refractivity contribution in [2.45, 2.75) is 32.6 Å². The predicted octanol–water partition coefficient (Wildman–Crippen LogP) is 2.35. The van der Waals surface area contributed by atoms with Crippen molar-refractivity contribution in [3.05, 3.63) is 40.7 Å². The number of benzene rings is 1.